The van der Waals surface area contributed by atoms with Crippen LogP contribution < -0.4 is 9.62 Å². The summed E-state index contributed by atoms with van der Waals surface area (Å²) in [5.41, 5.74) is 2.14. The Morgan fingerprint density at radius 3 is 2.36 bits per heavy atom. The molecular formula is C23H29BrClN3O4S. The van der Waals surface area contributed by atoms with Crippen molar-refractivity contribution < 1.29 is 18.0 Å². The Labute approximate surface area is 209 Å². The van der Waals surface area contributed by atoms with Crippen LogP contribution in [0.2, 0.25) is 5.02 Å². The number of aryl methyl sites for hydroxylation is 1. The molecular weight excluding hydrogens is 530 g/mol. The second kappa shape index (κ2) is 11.9. The van der Waals surface area contributed by atoms with Gasteiger partial charge in [0, 0.05) is 36.1 Å². The lowest BCUT2D eigenvalue weighted by Crippen LogP contribution is -2.46. The Morgan fingerprint density at radius 2 is 1.79 bits per heavy atom. The van der Waals surface area contributed by atoms with E-state index in [4.69, 9.17) is 11.6 Å². The molecule has 0 aliphatic rings. The van der Waals surface area contributed by atoms with Crippen LogP contribution in [0.4, 0.5) is 5.69 Å². The Bertz CT molecular complexity index is 1090. The quantitative estimate of drug-likeness (QED) is 0.475. The molecule has 2 amide bonds. The smallest absolute Gasteiger partial charge is 0.242 e. The minimum atomic E-state index is -3.58. The van der Waals surface area contributed by atoms with E-state index in [1.807, 2.05) is 24.3 Å². The van der Waals surface area contributed by atoms with Gasteiger partial charge in [-0.1, -0.05) is 45.7 Å². The van der Waals surface area contributed by atoms with E-state index in [0.717, 1.165) is 21.9 Å². The van der Waals surface area contributed by atoms with Crippen molar-refractivity contribution in [3.63, 3.8) is 0 Å². The van der Waals surface area contributed by atoms with Crippen LogP contribution in [-0.4, -0.2) is 51.0 Å². The summed E-state index contributed by atoms with van der Waals surface area (Å²) >= 11 is 9.47. The van der Waals surface area contributed by atoms with Crippen LogP contribution in [-0.2, 0) is 26.2 Å². The SMILES string of the molecule is CNC(=O)[C@H](C)N(Cc1ccc(Br)cc1)C(=O)CCCN(c1cc(Cl)ccc1C)S(C)(=O)=O. The summed E-state index contributed by atoms with van der Waals surface area (Å²) in [7, 11) is -2.05. The molecule has 0 saturated heterocycles. The maximum absolute atomic E-state index is 13.1. The number of rotatable bonds is 10. The molecule has 0 aliphatic carbocycles. The third kappa shape index (κ3) is 7.72. The maximum Gasteiger partial charge on any atom is 0.242 e. The van der Waals surface area contributed by atoms with E-state index in [1.165, 1.54) is 16.3 Å². The monoisotopic (exact) mass is 557 g/mol. The van der Waals surface area contributed by atoms with Crippen molar-refractivity contribution in [1.82, 2.24) is 10.2 Å². The van der Waals surface area contributed by atoms with Gasteiger partial charge in [0.1, 0.15) is 6.04 Å². The molecule has 0 heterocycles. The van der Waals surface area contributed by atoms with Gasteiger partial charge in [-0.05, 0) is 55.7 Å². The van der Waals surface area contributed by atoms with Gasteiger partial charge in [-0.3, -0.25) is 13.9 Å². The Hall–Kier alpha value is -2.10. The first-order valence-electron chi connectivity index (χ1n) is 10.4. The van der Waals surface area contributed by atoms with E-state index in [0.29, 0.717) is 10.7 Å². The lowest BCUT2D eigenvalue weighted by atomic mass is 10.1. The molecule has 7 nitrogen and oxygen atoms in total. The van der Waals surface area contributed by atoms with Crippen LogP contribution in [0.5, 0.6) is 0 Å². The van der Waals surface area contributed by atoms with Gasteiger partial charge in [0.2, 0.25) is 21.8 Å². The summed E-state index contributed by atoms with van der Waals surface area (Å²) < 4.78 is 27.1. The molecule has 1 N–H and O–H groups in total. The van der Waals surface area contributed by atoms with Crippen molar-refractivity contribution in [3.05, 3.63) is 63.1 Å². The summed E-state index contributed by atoms with van der Waals surface area (Å²) in [5.74, 6) is -0.502. The number of sulfonamides is 1. The number of halogens is 2. The average molecular weight is 559 g/mol. The summed E-state index contributed by atoms with van der Waals surface area (Å²) in [4.78, 5) is 26.9. The first kappa shape index (κ1) is 27.1. The molecule has 0 unspecified atom stereocenters. The number of nitrogens with one attached hydrogen (secondary N) is 1. The highest BCUT2D eigenvalue weighted by atomic mass is 79.9. The van der Waals surface area contributed by atoms with Crippen molar-refractivity contribution in [2.75, 3.05) is 24.2 Å². The van der Waals surface area contributed by atoms with Gasteiger partial charge in [0.15, 0.2) is 0 Å². The molecule has 33 heavy (non-hydrogen) atoms. The molecule has 0 aromatic heterocycles. The Morgan fingerprint density at radius 1 is 1.15 bits per heavy atom. The number of hydrogen-bond donors (Lipinski definition) is 1. The molecule has 180 valence electrons. The average Bonchev–Trinajstić information content (AvgIpc) is 2.76. The summed E-state index contributed by atoms with van der Waals surface area (Å²) in [6.07, 6.45) is 1.50. The first-order chi connectivity index (χ1) is 15.4. The Kier molecular flexibility index (Phi) is 9.75. The molecule has 2 aromatic carbocycles. The molecule has 0 bridgehead atoms. The lowest BCUT2D eigenvalue weighted by Gasteiger charge is -2.29. The van der Waals surface area contributed by atoms with Gasteiger partial charge in [-0.2, -0.15) is 0 Å². The molecule has 2 aromatic rings. The molecule has 0 aliphatic heterocycles. The minimum Gasteiger partial charge on any atom is -0.357 e. The van der Waals surface area contributed by atoms with Crippen molar-refractivity contribution in [2.24, 2.45) is 0 Å². The van der Waals surface area contributed by atoms with E-state index in [-0.39, 0.29) is 37.7 Å². The second-order valence-corrected chi connectivity index (χ2v) is 11.1. The zero-order chi connectivity index (χ0) is 24.8. The van der Waals surface area contributed by atoms with E-state index in [1.54, 1.807) is 32.0 Å². The van der Waals surface area contributed by atoms with Crippen molar-refractivity contribution in [3.8, 4) is 0 Å². The second-order valence-electron chi connectivity index (χ2n) is 7.81. The van der Waals surface area contributed by atoms with Crippen LogP contribution in [0.25, 0.3) is 0 Å². The fourth-order valence-corrected chi connectivity index (χ4v) is 4.86. The minimum absolute atomic E-state index is 0.0868. The van der Waals surface area contributed by atoms with Crippen molar-refractivity contribution in [1.29, 1.82) is 0 Å². The first-order valence-corrected chi connectivity index (χ1v) is 13.5. The molecule has 0 saturated carbocycles. The van der Waals surface area contributed by atoms with Gasteiger partial charge >= 0.3 is 0 Å². The molecule has 10 heteroatoms. The zero-order valence-corrected chi connectivity index (χ0v) is 22.3. The van der Waals surface area contributed by atoms with Crippen LogP contribution in [0.15, 0.2) is 46.9 Å². The van der Waals surface area contributed by atoms with Crippen LogP contribution in [0, 0.1) is 6.92 Å². The highest BCUT2D eigenvalue weighted by Crippen LogP contribution is 2.27. The van der Waals surface area contributed by atoms with Crippen molar-refractivity contribution in [2.45, 2.75) is 39.3 Å². The number of benzene rings is 2. The van der Waals surface area contributed by atoms with Crippen LogP contribution in [0.1, 0.15) is 30.9 Å². The fourth-order valence-electron chi connectivity index (χ4n) is 3.41. The summed E-state index contributed by atoms with van der Waals surface area (Å²) in [6, 6.07) is 11.9. The van der Waals surface area contributed by atoms with Gasteiger partial charge in [0.25, 0.3) is 0 Å². The normalized spacial score (nSPS) is 12.2. The van der Waals surface area contributed by atoms with E-state index in [2.05, 4.69) is 21.2 Å². The van der Waals surface area contributed by atoms with Gasteiger partial charge in [-0.25, -0.2) is 8.42 Å². The standard InChI is InChI=1S/C23H29BrClN3O4S/c1-16-7-12-20(25)14-21(16)28(33(4,31)32)13-5-6-22(29)27(17(2)23(30)26-3)15-18-8-10-19(24)11-9-18/h7-12,14,17H,5-6,13,15H2,1-4H3,(H,26,30)/t17-/m0/s1. The van der Waals surface area contributed by atoms with Crippen LogP contribution >= 0.6 is 27.5 Å². The number of carbonyl (C=O) groups excluding carboxylic acids is 2. The largest absolute Gasteiger partial charge is 0.357 e. The lowest BCUT2D eigenvalue weighted by molar-refractivity contribution is -0.140. The van der Waals surface area contributed by atoms with Crippen LogP contribution in [0.3, 0.4) is 0 Å². The number of amides is 2. The zero-order valence-electron chi connectivity index (χ0n) is 19.1. The number of likely N-dealkylation sites (N-methyl/N-ethyl adjacent to an activating group) is 1. The third-order valence-electron chi connectivity index (χ3n) is 5.27. The number of hydrogen-bond acceptors (Lipinski definition) is 4. The highest BCUT2D eigenvalue weighted by molar-refractivity contribution is 9.10. The predicted octanol–water partition coefficient (Wildman–Crippen LogP) is 4.12. The third-order valence-corrected chi connectivity index (χ3v) is 7.22. The predicted molar refractivity (Wildman–Crippen MR) is 136 cm³/mol. The van der Waals surface area contributed by atoms with Gasteiger partial charge in [-0.15, -0.1) is 0 Å². The topological polar surface area (TPSA) is 86.8 Å². The summed E-state index contributed by atoms with van der Waals surface area (Å²) in [5, 5.41) is 3.01. The van der Waals surface area contributed by atoms with Gasteiger partial charge in [0.05, 0.1) is 11.9 Å². The van der Waals surface area contributed by atoms with E-state index < -0.39 is 16.1 Å². The molecule has 0 radical (unpaired) electrons. The number of carbonyl (C=O) groups is 2. The van der Waals surface area contributed by atoms with E-state index >= 15 is 0 Å². The fraction of sp³-hybridized carbons (Fsp3) is 0.391. The maximum atomic E-state index is 13.1. The molecule has 1 atom stereocenters. The van der Waals surface area contributed by atoms with Crippen molar-refractivity contribution >= 4 is 55.1 Å². The highest BCUT2D eigenvalue weighted by Gasteiger charge is 2.26. The molecule has 0 fully saturated rings. The number of anilines is 1. The molecule has 0 spiro atoms. The number of nitrogens with zero attached hydrogens (tertiary/aromatic N) is 2. The van der Waals surface area contributed by atoms with Gasteiger partial charge < -0.3 is 10.2 Å². The summed E-state index contributed by atoms with van der Waals surface area (Å²) in [6.45, 7) is 3.86. The Balaban J connectivity index is 2.17. The van der Waals surface area contributed by atoms with E-state index in [9.17, 15) is 18.0 Å². The molecule has 2 rings (SSSR count).